The van der Waals surface area contributed by atoms with Gasteiger partial charge >= 0.3 is 0 Å². The minimum absolute atomic E-state index is 0.0353. The summed E-state index contributed by atoms with van der Waals surface area (Å²) in [6, 6.07) is 0. The van der Waals surface area contributed by atoms with Crippen LogP contribution in [0.3, 0.4) is 0 Å². The molecule has 4 heteroatoms. The Balaban J connectivity index is 3.74. The maximum atomic E-state index is 11.4. The van der Waals surface area contributed by atoms with E-state index in [1.165, 1.54) is 0 Å². The fourth-order valence-electron chi connectivity index (χ4n) is 0.856. The van der Waals surface area contributed by atoms with E-state index in [-0.39, 0.29) is 17.4 Å². The van der Waals surface area contributed by atoms with Crippen molar-refractivity contribution < 1.29 is 9.53 Å². The van der Waals surface area contributed by atoms with Crippen LogP contribution in [0, 0.1) is 5.92 Å². The van der Waals surface area contributed by atoms with Gasteiger partial charge in [0.25, 0.3) is 0 Å². The Morgan fingerprint density at radius 1 is 1.57 bits per heavy atom. The molecule has 1 atom stereocenters. The van der Waals surface area contributed by atoms with E-state index in [0.29, 0.717) is 19.5 Å². The predicted octanol–water partition coefficient (Wildman–Crippen LogP) is 0.513. The standard InChI is InChI=1S/C10H22N2O2/c1-8(6-11)5-9(13)12-7-10(2,3)14-4/h8H,5-7,11H2,1-4H3,(H,12,13). The minimum Gasteiger partial charge on any atom is -0.377 e. The summed E-state index contributed by atoms with van der Waals surface area (Å²) in [5.74, 6) is 0.272. The first-order valence-corrected chi connectivity index (χ1v) is 4.93. The molecule has 0 radical (unpaired) electrons. The fourth-order valence-corrected chi connectivity index (χ4v) is 0.856. The number of nitrogens with one attached hydrogen (secondary N) is 1. The number of carbonyl (C=O) groups excluding carboxylic acids is 1. The second-order valence-corrected chi connectivity index (χ2v) is 4.29. The van der Waals surface area contributed by atoms with Crippen LogP contribution in [0.25, 0.3) is 0 Å². The Morgan fingerprint density at radius 3 is 2.57 bits per heavy atom. The lowest BCUT2D eigenvalue weighted by Gasteiger charge is -2.23. The highest BCUT2D eigenvalue weighted by Gasteiger charge is 2.17. The highest BCUT2D eigenvalue weighted by atomic mass is 16.5. The van der Waals surface area contributed by atoms with Crippen molar-refractivity contribution in [1.29, 1.82) is 0 Å². The van der Waals surface area contributed by atoms with Crippen LogP contribution in [0.15, 0.2) is 0 Å². The van der Waals surface area contributed by atoms with Crippen molar-refractivity contribution in [2.45, 2.75) is 32.8 Å². The number of ether oxygens (including phenoxy) is 1. The van der Waals surface area contributed by atoms with Gasteiger partial charge in [0.2, 0.25) is 5.91 Å². The predicted molar refractivity (Wildman–Crippen MR) is 56.9 cm³/mol. The van der Waals surface area contributed by atoms with Crippen molar-refractivity contribution in [3.8, 4) is 0 Å². The summed E-state index contributed by atoms with van der Waals surface area (Å²) in [4.78, 5) is 11.4. The van der Waals surface area contributed by atoms with Gasteiger partial charge in [-0.15, -0.1) is 0 Å². The van der Waals surface area contributed by atoms with Crippen molar-refractivity contribution in [3.63, 3.8) is 0 Å². The summed E-state index contributed by atoms with van der Waals surface area (Å²) in [5, 5.41) is 2.82. The van der Waals surface area contributed by atoms with Crippen LogP contribution >= 0.6 is 0 Å². The molecule has 14 heavy (non-hydrogen) atoms. The molecule has 0 heterocycles. The lowest BCUT2D eigenvalue weighted by Crippen LogP contribution is -2.40. The molecule has 0 bridgehead atoms. The lowest BCUT2D eigenvalue weighted by atomic mass is 10.1. The van der Waals surface area contributed by atoms with Gasteiger partial charge in [-0.3, -0.25) is 4.79 Å². The van der Waals surface area contributed by atoms with Crippen molar-refractivity contribution in [2.24, 2.45) is 11.7 Å². The fraction of sp³-hybridized carbons (Fsp3) is 0.900. The van der Waals surface area contributed by atoms with Gasteiger partial charge in [0, 0.05) is 20.1 Å². The van der Waals surface area contributed by atoms with E-state index in [2.05, 4.69) is 5.32 Å². The minimum atomic E-state index is -0.304. The molecule has 0 aliphatic carbocycles. The Kier molecular flexibility index (Phi) is 5.72. The molecule has 1 unspecified atom stereocenters. The average Bonchev–Trinajstić information content (AvgIpc) is 2.15. The summed E-state index contributed by atoms with van der Waals surface area (Å²) < 4.78 is 5.18. The van der Waals surface area contributed by atoms with E-state index in [1.54, 1.807) is 7.11 Å². The maximum absolute atomic E-state index is 11.4. The molecule has 0 saturated carbocycles. The van der Waals surface area contributed by atoms with Crippen molar-refractivity contribution in [3.05, 3.63) is 0 Å². The highest BCUT2D eigenvalue weighted by molar-refractivity contribution is 5.76. The molecule has 0 rings (SSSR count). The third kappa shape index (κ3) is 5.94. The van der Waals surface area contributed by atoms with Crippen LogP contribution in [0.5, 0.6) is 0 Å². The van der Waals surface area contributed by atoms with E-state index in [1.807, 2.05) is 20.8 Å². The summed E-state index contributed by atoms with van der Waals surface area (Å²) in [6.45, 7) is 6.89. The highest BCUT2D eigenvalue weighted by Crippen LogP contribution is 2.05. The second-order valence-electron chi connectivity index (χ2n) is 4.29. The average molecular weight is 202 g/mol. The molecule has 0 aromatic heterocycles. The van der Waals surface area contributed by atoms with Gasteiger partial charge in [-0.1, -0.05) is 6.92 Å². The molecule has 4 nitrogen and oxygen atoms in total. The SMILES string of the molecule is COC(C)(C)CNC(=O)CC(C)CN. The quantitative estimate of drug-likeness (QED) is 0.659. The van der Waals surface area contributed by atoms with Crippen LogP contribution in [0.1, 0.15) is 27.2 Å². The number of amides is 1. The van der Waals surface area contributed by atoms with Gasteiger partial charge in [-0.25, -0.2) is 0 Å². The zero-order chi connectivity index (χ0) is 11.2. The molecule has 1 amide bonds. The number of rotatable bonds is 6. The summed E-state index contributed by atoms with van der Waals surface area (Å²) >= 11 is 0. The molecular formula is C10H22N2O2. The molecule has 0 aliphatic rings. The maximum Gasteiger partial charge on any atom is 0.220 e. The van der Waals surface area contributed by atoms with Gasteiger partial charge < -0.3 is 15.8 Å². The third-order valence-electron chi connectivity index (χ3n) is 2.20. The topological polar surface area (TPSA) is 64.3 Å². The van der Waals surface area contributed by atoms with Crippen molar-refractivity contribution >= 4 is 5.91 Å². The zero-order valence-corrected chi connectivity index (χ0v) is 9.59. The van der Waals surface area contributed by atoms with Crippen LogP contribution in [0.2, 0.25) is 0 Å². The van der Waals surface area contributed by atoms with E-state index < -0.39 is 0 Å². The van der Waals surface area contributed by atoms with Crippen LogP contribution in [-0.4, -0.2) is 31.7 Å². The zero-order valence-electron chi connectivity index (χ0n) is 9.59. The first-order chi connectivity index (χ1) is 6.41. The molecule has 0 aromatic carbocycles. The Morgan fingerprint density at radius 2 is 2.14 bits per heavy atom. The Hall–Kier alpha value is -0.610. The number of methoxy groups -OCH3 is 1. The smallest absolute Gasteiger partial charge is 0.220 e. The molecular weight excluding hydrogens is 180 g/mol. The third-order valence-corrected chi connectivity index (χ3v) is 2.20. The molecule has 0 aliphatic heterocycles. The molecule has 0 saturated heterocycles. The number of hydrogen-bond acceptors (Lipinski definition) is 3. The first-order valence-electron chi connectivity index (χ1n) is 4.93. The largest absolute Gasteiger partial charge is 0.377 e. The van der Waals surface area contributed by atoms with E-state index in [9.17, 15) is 4.79 Å². The molecule has 3 N–H and O–H groups in total. The van der Waals surface area contributed by atoms with Gasteiger partial charge in [0.15, 0.2) is 0 Å². The monoisotopic (exact) mass is 202 g/mol. The lowest BCUT2D eigenvalue weighted by molar-refractivity contribution is -0.123. The summed E-state index contributed by atoms with van der Waals surface area (Å²) in [5.41, 5.74) is 5.12. The van der Waals surface area contributed by atoms with Gasteiger partial charge in [0.05, 0.1) is 5.60 Å². The number of nitrogens with two attached hydrogens (primary N) is 1. The molecule has 84 valence electrons. The number of hydrogen-bond donors (Lipinski definition) is 2. The van der Waals surface area contributed by atoms with Gasteiger partial charge in [-0.05, 0) is 26.3 Å². The second kappa shape index (κ2) is 5.98. The van der Waals surface area contributed by atoms with Crippen LogP contribution in [-0.2, 0) is 9.53 Å². The summed E-state index contributed by atoms with van der Waals surface area (Å²) in [6.07, 6.45) is 0.482. The molecule has 0 aromatic rings. The summed E-state index contributed by atoms with van der Waals surface area (Å²) in [7, 11) is 1.63. The van der Waals surface area contributed by atoms with Crippen LogP contribution in [0.4, 0.5) is 0 Å². The first kappa shape index (κ1) is 13.4. The van der Waals surface area contributed by atoms with E-state index in [4.69, 9.17) is 10.5 Å². The van der Waals surface area contributed by atoms with Gasteiger partial charge in [-0.2, -0.15) is 0 Å². The normalized spacial score (nSPS) is 13.8. The number of carbonyl (C=O) groups is 1. The van der Waals surface area contributed by atoms with E-state index in [0.717, 1.165) is 0 Å². The molecule has 0 fully saturated rings. The van der Waals surface area contributed by atoms with E-state index >= 15 is 0 Å². The Bertz CT molecular complexity index is 181. The van der Waals surface area contributed by atoms with Gasteiger partial charge in [0.1, 0.15) is 0 Å². The van der Waals surface area contributed by atoms with Crippen molar-refractivity contribution in [1.82, 2.24) is 5.32 Å². The Labute approximate surface area is 86.2 Å². The van der Waals surface area contributed by atoms with Crippen LogP contribution < -0.4 is 11.1 Å². The van der Waals surface area contributed by atoms with Crippen molar-refractivity contribution in [2.75, 3.05) is 20.2 Å². The molecule has 0 spiro atoms.